The van der Waals surface area contributed by atoms with Crippen molar-refractivity contribution in [3.05, 3.63) is 30.6 Å². The first-order chi connectivity index (χ1) is 6.83. The SMILES string of the molecule is CCCCn1c[n+](C)c2ccccc21.[Cl-]. The molecule has 2 nitrogen and oxygen atoms in total. The fraction of sp³-hybridized carbons (Fsp3) is 0.417. The van der Waals surface area contributed by atoms with E-state index in [1.54, 1.807) is 0 Å². The molecule has 0 fully saturated rings. The van der Waals surface area contributed by atoms with E-state index in [2.05, 4.69) is 53.7 Å². The summed E-state index contributed by atoms with van der Waals surface area (Å²) in [6.45, 7) is 3.35. The number of unbranched alkanes of at least 4 members (excludes halogenated alkanes) is 1. The number of hydrogen-bond donors (Lipinski definition) is 0. The highest BCUT2D eigenvalue weighted by atomic mass is 35.5. The summed E-state index contributed by atoms with van der Waals surface area (Å²) in [7, 11) is 2.10. The average molecular weight is 225 g/mol. The van der Waals surface area contributed by atoms with Crippen molar-refractivity contribution in [3.8, 4) is 0 Å². The molecule has 2 aromatic rings. The number of para-hydroxylation sites is 2. The van der Waals surface area contributed by atoms with Crippen molar-refractivity contribution in [2.45, 2.75) is 26.3 Å². The van der Waals surface area contributed by atoms with Gasteiger partial charge in [-0.3, -0.25) is 0 Å². The first kappa shape index (κ1) is 12.1. The molecule has 15 heavy (non-hydrogen) atoms. The van der Waals surface area contributed by atoms with Gasteiger partial charge in [0.15, 0.2) is 11.0 Å². The highest BCUT2D eigenvalue weighted by Crippen LogP contribution is 2.10. The van der Waals surface area contributed by atoms with E-state index in [1.807, 2.05) is 0 Å². The Labute approximate surface area is 96.9 Å². The smallest absolute Gasteiger partial charge is 0.244 e. The van der Waals surface area contributed by atoms with Gasteiger partial charge < -0.3 is 12.4 Å². The van der Waals surface area contributed by atoms with Crippen LogP contribution in [0.4, 0.5) is 0 Å². The lowest BCUT2D eigenvalue weighted by Crippen LogP contribution is -3.00. The number of aromatic nitrogens is 2. The lowest BCUT2D eigenvalue weighted by Gasteiger charge is -1.94. The second kappa shape index (κ2) is 5.17. The Bertz CT molecular complexity index is 434. The van der Waals surface area contributed by atoms with Crippen LogP contribution in [0.3, 0.4) is 0 Å². The summed E-state index contributed by atoms with van der Waals surface area (Å²) in [6, 6.07) is 8.54. The molecule has 3 heteroatoms. The number of imidazole rings is 1. The van der Waals surface area contributed by atoms with Crippen LogP contribution in [0, 0.1) is 0 Å². The summed E-state index contributed by atoms with van der Waals surface area (Å²) in [5.41, 5.74) is 2.65. The first-order valence-corrected chi connectivity index (χ1v) is 5.26. The van der Waals surface area contributed by atoms with Gasteiger partial charge in [-0.2, -0.15) is 0 Å². The van der Waals surface area contributed by atoms with Gasteiger partial charge in [0.2, 0.25) is 6.33 Å². The van der Waals surface area contributed by atoms with Crippen LogP contribution < -0.4 is 17.0 Å². The van der Waals surface area contributed by atoms with E-state index in [0.717, 1.165) is 6.54 Å². The number of nitrogens with zero attached hydrogens (tertiary/aromatic N) is 2. The third kappa shape index (κ3) is 2.32. The van der Waals surface area contributed by atoms with E-state index in [1.165, 1.54) is 23.9 Å². The van der Waals surface area contributed by atoms with Crippen molar-refractivity contribution in [3.63, 3.8) is 0 Å². The van der Waals surface area contributed by atoms with Gasteiger partial charge in [0.05, 0.1) is 13.6 Å². The lowest BCUT2D eigenvalue weighted by molar-refractivity contribution is -0.645. The molecule has 0 saturated heterocycles. The van der Waals surface area contributed by atoms with Gasteiger partial charge in [-0.25, -0.2) is 9.13 Å². The summed E-state index contributed by atoms with van der Waals surface area (Å²) >= 11 is 0. The van der Waals surface area contributed by atoms with Crippen LogP contribution in [0.5, 0.6) is 0 Å². The summed E-state index contributed by atoms with van der Waals surface area (Å²) in [6.07, 6.45) is 4.68. The van der Waals surface area contributed by atoms with Crippen LogP contribution >= 0.6 is 0 Å². The summed E-state index contributed by atoms with van der Waals surface area (Å²) in [5.74, 6) is 0. The molecule has 0 aliphatic rings. The Morgan fingerprint density at radius 2 is 2.00 bits per heavy atom. The predicted octanol–water partition coefficient (Wildman–Crippen LogP) is -0.730. The molecule has 0 unspecified atom stereocenters. The topological polar surface area (TPSA) is 8.81 Å². The predicted molar refractivity (Wildman–Crippen MR) is 58.0 cm³/mol. The minimum absolute atomic E-state index is 0. The van der Waals surface area contributed by atoms with Crippen molar-refractivity contribution in [2.75, 3.05) is 0 Å². The Hall–Kier alpha value is -1.02. The Kier molecular flexibility index (Phi) is 4.15. The number of fused-ring (bicyclic) bond motifs is 1. The molecule has 0 amide bonds. The maximum Gasteiger partial charge on any atom is 0.244 e. The van der Waals surface area contributed by atoms with E-state index in [-0.39, 0.29) is 12.4 Å². The van der Waals surface area contributed by atoms with Gasteiger partial charge in [-0.05, 0) is 18.6 Å². The zero-order valence-electron chi connectivity index (χ0n) is 9.28. The van der Waals surface area contributed by atoms with E-state index < -0.39 is 0 Å². The molecule has 0 radical (unpaired) electrons. The number of hydrogen-bond acceptors (Lipinski definition) is 0. The fourth-order valence-corrected chi connectivity index (χ4v) is 1.85. The van der Waals surface area contributed by atoms with Crippen LogP contribution in [0.1, 0.15) is 19.8 Å². The second-order valence-electron chi connectivity index (χ2n) is 3.76. The minimum atomic E-state index is 0. The molecular weight excluding hydrogens is 208 g/mol. The zero-order chi connectivity index (χ0) is 9.97. The van der Waals surface area contributed by atoms with Crippen molar-refractivity contribution in [1.82, 2.24) is 4.57 Å². The Morgan fingerprint density at radius 3 is 2.73 bits per heavy atom. The van der Waals surface area contributed by atoms with Crippen molar-refractivity contribution in [2.24, 2.45) is 7.05 Å². The Balaban J connectivity index is 0.00000112. The average Bonchev–Trinajstić information content (AvgIpc) is 2.54. The van der Waals surface area contributed by atoms with Gasteiger partial charge in [0.25, 0.3) is 0 Å². The largest absolute Gasteiger partial charge is 1.00 e. The standard InChI is InChI=1S/C12H17N2.ClH/c1-3-4-9-14-10-13(2)11-7-5-6-8-12(11)14;/h5-8,10H,3-4,9H2,1-2H3;1H/q+1;/p-1. The summed E-state index contributed by atoms with van der Waals surface area (Å²) < 4.78 is 4.52. The molecule has 0 spiro atoms. The lowest BCUT2D eigenvalue weighted by atomic mass is 10.3. The molecule has 2 rings (SSSR count). The molecular formula is C12H17ClN2. The van der Waals surface area contributed by atoms with Crippen LogP contribution in [-0.2, 0) is 13.6 Å². The number of benzene rings is 1. The molecule has 1 aromatic carbocycles. The van der Waals surface area contributed by atoms with Gasteiger partial charge >= 0.3 is 0 Å². The summed E-state index contributed by atoms with van der Waals surface area (Å²) in [5, 5.41) is 0. The third-order valence-corrected chi connectivity index (χ3v) is 2.64. The van der Waals surface area contributed by atoms with Crippen LogP contribution in [0.25, 0.3) is 11.0 Å². The minimum Gasteiger partial charge on any atom is -1.00 e. The highest BCUT2D eigenvalue weighted by Gasteiger charge is 2.10. The van der Waals surface area contributed by atoms with Crippen molar-refractivity contribution < 1.29 is 17.0 Å². The molecule has 0 saturated carbocycles. The van der Waals surface area contributed by atoms with Gasteiger partial charge in [-0.15, -0.1) is 0 Å². The molecule has 0 N–H and O–H groups in total. The van der Waals surface area contributed by atoms with Crippen molar-refractivity contribution >= 4 is 11.0 Å². The third-order valence-electron chi connectivity index (χ3n) is 2.64. The highest BCUT2D eigenvalue weighted by molar-refractivity contribution is 5.71. The summed E-state index contributed by atoms with van der Waals surface area (Å²) in [4.78, 5) is 0. The maximum absolute atomic E-state index is 2.33. The molecule has 0 atom stereocenters. The van der Waals surface area contributed by atoms with Gasteiger partial charge in [0, 0.05) is 0 Å². The van der Waals surface area contributed by atoms with E-state index in [9.17, 15) is 0 Å². The van der Waals surface area contributed by atoms with E-state index in [0.29, 0.717) is 0 Å². The van der Waals surface area contributed by atoms with Gasteiger partial charge in [0.1, 0.15) is 0 Å². The molecule has 0 bridgehead atoms. The monoisotopic (exact) mass is 224 g/mol. The van der Waals surface area contributed by atoms with Crippen LogP contribution in [0.2, 0.25) is 0 Å². The first-order valence-electron chi connectivity index (χ1n) is 5.26. The van der Waals surface area contributed by atoms with E-state index >= 15 is 0 Å². The molecule has 82 valence electrons. The zero-order valence-corrected chi connectivity index (χ0v) is 10.0. The van der Waals surface area contributed by atoms with Gasteiger partial charge in [-0.1, -0.05) is 25.5 Å². The normalized spacial score (nSPS) is 10.3. The van der Waals surface area contributed by atoms with Crippen LogP contribution in [-0.4, -0.2) is 4.57 Å². The molecule has 0 aliphatic carbocycles. The number of halogens is 1. The molecule has 1 aromatic heterocycles. The molecule has 0 aliphatic heterocycles. The number of rotatable bonds is 3. The second-order valence-corrected chi connectivity index (χ2v) is 3.76. The quantitative estimate of drug-likeness (QED) is 0.608. The maximum atomic E-state index is 2.33. The number of aryl methyl sites for hydroxylation is 2. The van der Waals surface area contributed by atoms with E-state index in [4.69, 9.17) is 0 Å². The fourth-order valence-electron chi connectivity index (χ4n) is 1.85. The van der Waals surface area contributed by atoms with Crippen LogP contribution in [0.15, 0.2) is 30.6 Å². The Morgan fingerprint density at radius 1 is 1.27 bits per heavy atom. The van der Waals surface area contributed by atoms with Crippen molar-refractivity contribution in [1.29, 1.82) is 0 Å². The molecule has 1 heterocycles.